The average molecular weight is 394 g/mol. The van der Waals surface area contributed by atoms with Crippen LogP contribution in [0.5, 0.6) is 23.0 Å². The molecule has 1 heterocycles. The first-order chi connectivity index (χ1) is 14.0. The molecule has 148 valence electrons. The molecule has 0 amide bonds. The van der Waals surface area contributed by atoms with Crippen molar-refractivity contribution in [3.05, 3.63) is 47.5 Å². The van der Waals surface area contributed by atoms with E-state index in [4.69, 9.17) is 23.7 Å². The van der Waals surface area contributed by atoms with E-state index < -0.39 is 11.9 Å². The first-order valence-electron chi connectivity index (χ1n) is 8.74. The lowest BCUT2D eigenvalue weighted by Crippen LogP contribution is -2.00. The highest BCUT2D eigenvalue weighted by atomic mass is 16.6. The molecule has 0 atom stereocenters. The van der Waals surface area contributed by atoms with Gasteiger partial charge in [-0.2, -0.15) is 0 Å². The Morgan fingerprint density at radius 3 is 1.93 bits per heavy atom. The first kappa shape index (κ1) is 18.6. The summed E-state index contributed by atoms with van der Waals surface area (Å²) in [6.07, 6.45) is 0. The lowest BCUT2D eigenvalue weighted by atomic mass is 9.90. The fourth-order valence-electron chi connectivity index (χ4n) is 3.58. The molecule has 0 spiro atoms. The van der Waals surface area contributed by atoms with Gasteiger partial charge in [0, 0.05) is 5.56 Å². The van der Waals surface area contributed by atoms with Crippen LogP contribution in [0, 0.1) is 0 Å². The molecule has 0 unspecified atom stereocenters. The van der Waals surface area contributed by atoms with Gasteiger partial charge in [0.25, 0.3) is 0 Å². The van der Waals surface area contributed by atoms with Crippen molar-refractivity contribution in [2.24, 2.45) is 0 Å². The standard InChI is InChI=1S/C22H18O7/c1-25-15-6-5-11(8-16(15)26-2)19-13-10-18(28-4)17(27-3)9-12(13)7-14-20(19)22(24)29-21(14)23/h5-10H,1-4H3. The number of methoxy groups -OCH3 is 4. The molecule has 0 saturated heterocycles. The molecule has 0 aromatic heterocycles. The second-order valence-corrected chi connectivity index (χ2v) is 6.35. The number of rotatable bonds is 5. The summed E-state index contributed by atoms with van der Waals surface area (Å²) in [5.41, 5.74) is 1.64. The van der Waals surface area contributed by atoms with Gasteiger partial charge in [0.2, 0.25) is 0 Å². The molecule has 0 fully saturated rings. The molecule has 0 bridgehead atoms. The van der Waals surface area contributed by atoms with Crippen molar-refractivity contribution < 1.29 is 33.3 Å². The van der Waals surface area contributed by atoms with Crippen LogP contribution in [0.25, 0.3) is 21.9 Å². The minimum Gasteiger partial charge on any atom is -0.493 e. The van der Waals surface area contributed by atoms with Gasteiger partial charge in [-0.05, 0) is 46.7 Å². The highest BCUT2D eigenvalue weighted by Crippen LogP contribution is 2.44. The van der Waals surface area contributed by atoms with Crippen molar-refractivity contribution in [3.63, 3.8) is 0 Å². The lowest BCUT2D eigenvalue weighted by Gasteiger charge is -2.16. The molecule has 0 saturated carbocycles. The number of hydrogen-bond acceptors (Lipinski definition) is 7. The molecule has 0 radical (unpaired) electrons. The number of hydrogen-bond donors (Lipinski definition) is 0. The Bertz CT molecular complexity index is 1160. The summed E-state index contributed by atoms with van der Waals surface area (Å²) in [5.74, 6) is 0.685. The minimum absolute atomic E-state index is 0.208. The van der Waals surface area contributed by atoms with Gasteiger partial charge in [0.05, 0.1) is 39.6 Å². The van der Waals surface area contributed by atoms with Crippen molar-refractivity contribution in [3.8, 4) is 34.1 Å². The average Bonchev–Trinajstić information content (AvgIpc) is 3.03. The smallest absolute Gasteiger partial charge is 0.347 e. The third-order valence-corrected chi connectivity index (χ3v) is 4.93. The summed E-state index contributed by atoms with van der Waals surface area (Å²) in [4.78, 5) is 24.8. The predicted molar refractivity (Wildman–Crippen MR) is 105 cm³/mol. The molecule has 3 aromatic carbocycles. The maximum absolute atomic E-state index is 12.5. The van der Waals surface area contributed by atoms with Gasteiger partial charge in [0.15, 0.2) is 23.0 Å². The Morgan fingerprint density at radius 1 is 0.655 bits per heavy atom. The van der Waals surface area contributed by atoms with Crippen LogP contribution in [0.15, 0.2) is 36.4 Å². The normalized spacial score (nSPS) is 12.6. The number of fused-ring (bicyclic) bond motifs is 2. The molecule has 7 nitrogen and oxygen atoms in total. The zero-order valence-corrected chi connectivity index (χ0v) is 16.3. The summed E-state index contributed by atoms with van der Waals surface area (Å²) >= 11 is 0. The molecule has 4 rings (SSSR count). The Hall–Kier alpha value is -3.74. The molecule has 1 aliphatic heterocycles. The van der Waals surface area contributed by atoms with Gasteiger partial charge in [0.1, 0.15) is 0 Å². The third-order valence-electron chi connectivity index (χ3n) is 4.93. The largest absolute Gasteiger partial charge is 0.493 e. The summed E-state index contributed by atoms with van der Waals surface area (Å²) in [6, 6.07) is 10.4. The topological polar surface area (TPSA) is 80.3 Å². The maximum Gasteiger partial charge on any atom is 0.347 e. The first-order valence-corrected chi connectivity index (χ1v) is 8.74. The molecule has 0 N–H and O–H groups in total. The van der Waals surface area contributed by atoms with E-state index in [0.29, 0.717) is 44.9 Å². The van der Waals surface area contributed by atoms with E-state index in [0.717, 1.165) is 0 Å². The molecule has 7 heteroatoms. The van der Waals surface area contributed by atoms with Crippen molar-refractivity contribution in [1.82, 2.24) is 0 Å². The van der Waals surface area contributed by atoms with Gasteiger partial charge in [-0.25, -0.2) is 9.59 Å². The van der Waals surface area contributed by atoms with Gasteiger partial charge in [-0.1, -0.05) is 6.07 Å². The van der Waals surface area contributed by atoms with Crippen LogP contribution >= 0.6 is 0 Å². The van der Waals surface area contributed by atoms with E-state index in [1.54, 1.807) is 43.5 Å². The van der Waals surface area contributed by atoms with Crippen molar-refractivity contribution in [1.29, 1.82) is 0 Å². The van der Waals surface area contributed by atoms with Gasteiger partial charge < -0.3 is 23.7 Å². The van der Waals surface area contributed by atoms with E-state index in [2.05, 4.69) is 0 Å². The number of cyclic esters (lactones) is 2. The van der Waals surface area contributed by atoms with Crippen LogP contribution < -0.4 is 18.9 Å². The summed E-state index contributed by atoms with van der Waals surface area (Å²) < 4.78 is 26.4. The number of esters is 2. The summed E-state index contributed by atoms with van der Waals surface area (Å²) in [6.45, 7) is 0. The van der Waals surface area contributed by atoms with Gasteiger partial charge in [-0.3, -0.25) is 0 Å². The number of ether oxygens (including phenoxy) is 5. The van der Waals surface area contributed by atoms with Gasteiger partial charge in [-0.15, -0.1) is 0 Å². The van der Waals surface area contributed by atoms with Crippen LogP contribution in [0.1, 0.15) is 20.7 Å². The minimum atomic E-state index is -0.688. The van der Waals surface area contributed by atoms with Crippen LogP contribution in [0.3, 0.4) is 0 Å². The van der Waals surface area contributed by atoms with Crippen LogP contribution in [0.2, 0.25) is 0 Å². The summed E-state index contributed by atoms with van der Waals surface area (Å²) in [7, 11) is 6.14. The monoisotopic (exact) mass is 394 g/mol. The van der Waals surface area contributed by atoms with Crippen LogP contribution in [0.4, 0.5) is 0 Å². The van der Waals surface area contributed by atoms with E-state index >= 15 is 0 Å². The van der Waals surface area contributed by atoms with Crippen molar-refractivity contribution >= 4 is 22.7 Å². The van der Waals surface area contributed by atoms with E-state index in [1.165, 1.54) is 21.3 Å². The summed E-state index contributed by atoms with van der Waals surface area (Å²) in [5, 5.41) is 1.41. The van der Waals surface area contributed by atoms with Crippen molar-refractivity contribution in [2.45, 2.75) is 0 Å². The zero-order valence-electron chi connectivity index (χ0n) is 16.3. The Morgan fingerprint density at radius 2 is 1.28 bits per heavy atom. The highest BCUT2D eigenvalue weighted by molar-refractivity contribution is 6.22. The second kappa shape index (κ2) is 7.01. The predicted octanol–water partition coefficient (Wildman–Crippen LogP) is 3.85. The van der Waals surface area contributed by atoms with E-state index in [9.17, 15) is 9.59 Å². The molecule has 29 heavy (non-hydrogen) atoms. The molecule has 3 aromatic rings. The molecule has 0 aliphatic carbocycles. The Labute approximate surface area is 166 Å². The number of carbonyl (C=O) groups is 2. The fraction of sp³-hybridized carbons (Fsp3) is 0.182. The third kappa shape index (κ3) is 2.82. The molecule has 1 aliphatic rings. The number of benzene rings is 3. The SMILES string of the molecule is COc1ccc(-c2c3c(cc4cc(OC)c(OC)cc24)C(=O)OC3=O)cc1OC. The fourth-order valence-corrected chi connectivity index (χ4v) is 3.58. The Balaban J connectivity index is 2.12. The molecular weight excluding hydrogens is 376 g/mol. The van der Waals surface area contributed by atoms with Crippen LogP contribution in [-0.2, 0) is 4.74 Å². The highest BCUT2D eigenvalue weighted by Gasteiger charge is 2.34. The quantitative estimate of drug-likeness (QED) is 0.480. The second-order valence-electron chi connectivity index (χ2n) is 6.35. The van der Waals surface area contributed by atoms with E-state index in [1.807, 2.05) is 0 Å². The van der Waals surface area contributed by atoms with Crippen molar-refractivity contribution in [2.75, 3.05) is 28.4 Å². The maximum atomic E-state index is 12.5. The van der Waals surface area contributed by atoms with Crippen LogP contribution in [-0.4, -0.2) is 40.4 Å². The molecular formula is C22H18O7. The lowest BCUT2D eigenvalue weighted by molar-refractivity contribution is 0.0444. The number of carbonyl (C=O) groups excluding carboxylic acids is 2. The van der Waals surface area contributed by atoms with Gasteiger partial charge >= 0.3 is 11.9 Å². The van der Waals surface area contributed by atoms with E-state index in [-0.39, 0.29) is 11.1 Å². The Kier molecular flexibility index (Phi) is 4.50. The zero-order chi connectivity index (χ0) is 20.7.